The smallest absolute Gasteiger partial charge is 0.162 e. The van der Waals surface area contributed by atoms with E-state index in [4.69, 9.17) is 0 Å². The Morgan fingerprint density at radius 1 is 0.941 bits per heavy atom. The minimum atomic E-state index is 0.258. The molecule has 0 heterocycles. The number of hydrogen-bond donors (Lipinski definition) is 0. The molecule has 0 amide bonds. The molecular weight excluding hydrogens is 208 g/mol. The van der Waals surface area contributed by atoms with Gasteiger partial charge in [-0.25, -0.2) is 0 Å². The molecule has 0 N–H and O–H groups in total. The second-order valence-corrected chi connectivity index (χ2v) is 4.29. The van der Waals surface area contributed by atoms with Crippen molar-refractivity contribution in [2.24, 2.45) is 0 Å². The van der Waals surface area contributed by atoms with Crippen LogP contribution in [0.15, 0.2) is 30.3 Å². The molecule has 87 valence electrons. The van der Waals surface area contributed by atoms with Crippen molar-refractivity contribution in [1.82, 2.24) is 0 Å². The quantitative estimate of drug-likeness (QED) is 0.531. The van der Waals surface area contributed by atoms with Crippen LogP contribution in [0.2, 0.25) is 0 Å². The molecule has 0 spiro atoms. The highest BCUT2D eigenvalue weighted by molar-refractivity contribution is 5.95. The minimum absolute atomic E-state index is 0.258. The zero-order chi connectivity index (χ0) is 11.9. The first kappa shape index (κ1) is 12.3. The second-order valence-electron chi connectivity index (χ2n) is 4.29. The van der Waals surface area contributed by atoms with Crippen LogP contribution in [0.1, 0.15) is 36.0 Å². The van der Waals surface area contributed by atoms with Crippen molar-refractivity contribution < 1.29 is 4.79 Å². The standard InChI is InChI=1S/C16H17O/c17-16(15-11-2-1-3-12-15)13-7-6-10-14-8-4-5-9-14/h1-5,8-9,11-12H,6-7,10,13H2. The van der Waals surface area contributed by atoms with Crippen molar-refractivity contribution in [3.8, 4) is 0 Å². The Balaban J connectivity index is 1.63. The van der Waals surface area contributed by atoms with E-state index in [0.29, 0.717) is 6.42 Å². The Hall–Kier alpha value is -1.11. The summed E-state index contributed by atoms with van der Waals surface area (Å²) in [5.41, 5.74) is 0.834. The van der Waals surface area contributed by atoms with E-state index in [-0.39, 0.29) is 5.78 Å². The maximum absolute atomic E-state index is 11.8. The van der Waals surface area contributed by atoms with Crippen molar-refractivity contribution >= 4 is 5.78 Å². The summed E-state index contributed by atoms with van der Waals surface area (Å²) in [4.78, 5) is 11.8. The summed E-state index contributed by atoms with van der Waals surface area (Å²) < 4.78 is 0. The maximum atomic E-state index is 11.8. The predicted molar refractivity (Wildman–Crippen MR) is 69.7 cm³/mol. The van der Waals surface area contributed by atoms with Gasteiger partial charge in [-0.1, -0.05) is 36.8 Å². The van der Waals surface area contributed by atoms with Crippen molar-refractivity contribution in [3.05, 3.63) is 67.5 Å². The van der Waals surface area contributed by atoms with Crippen LogP contribution >= 0.6 is 0 Å². The molecule has 1 fully saturated rings. The van der Waals surface area contributed by atoms with Gasteiger partial charge in [-0.3, -0.25) is 4.79 Å². The molecule has 0 bridgehead atoms. The molecule has 0 aromatic heterocycles. The van der Waals surface area contributed by atoms with E-state index >= 15 is 0 Å². The summed E-state index contributed by atoms with van der Waals surface area (Å²) >= 11 is 0. The third-order valence-electron chi connectivity index (χ3n) is 2.95. The Labute approximate surface area is 104 Å². The highest BCUT2D eigenvalue weighted by Gasteiger charge is 2.16. The minimum Gasteiger partial charge on any atom is -0.294 e. The first-order valence-electron chi connectivity index (χ1n) is 6.15. The number of hydrogen-bond acceptors (Lipinski definition) is 1. The average molecular weight is 225 g/mol. The lowest BCUT2D eigenvalue weighted by Crippen LogP contribution is -1.99. The van der Waals surface area contributed by atoms with Crippen LogP contribution < -0.4 is 0 Å². The number of carbonyl (C=O) groups is 1. The molecule has 1 aliphatic rings. The van der Waals surface area contributed by atoms with E-state index in [9.17, 15) is 4.79 Å². The summed E-state index contributed by atoms with van der Waals surface area (Å²) in [7, 11) is 0. The van der Waals surface area contributed by atoms with Crippen LogP contribution in [0.5, 0.6) is 0 Å². The Kier molecular flexibility index (Phi) is 4.78. The van der Waals surface area contributed by atoms with Gasteiger partial charge in [0.25, 0.3) is 0 Å². The van der Waals surface area contributed by atoms with Crippen LogP contribution in [0.25, 0.3) is 0 Å². The third kappa shape index (κ3) is 3.99. The van der Waals surface area contributed by atoms with Gasteiger partial charge in [0.15, 0.2) is 5.78 Å². The summed E-state index contributed by atoms with van der Waals surface area (Å²) in [5.74, 6) is 1.63. The summed E-state index contributed by atoms with van der Waals surface area (Å²) in [5, 5.41) is 0. The number of ketones is 1. The largest absolute Gasteiger partial charge is 0.294 e. The Morgan fingerprint density at radius 3 is 2.35 bits per heavy atom. The van der Waals surface area contributed by atoms with Gasteiger partial charge >= 0.3 is 0 Å². The normalized spacial score (nSPS) is 16.2. The fourth-order valence-corrected chi connectivity index (χ4v) is 1.96. The molecule has 1 saturated carbocycles. The number of rotatable bonds is 6. The molecule has 1 aromatic rings. The van der Waals surface area contributed by atoms with Crippen LogP contribution in [0, 0.1) is 31.6 Å². The van der Waals surface area contributed by atoms with Crippen LogP contribution in [0.4, 0.5) is 0 Å². The third-order valence-corrected chi connectivity index (χ3v) is 2.95. The van der Waals surface area contributed by atoms with E-state index < -0.39 is 0 Å². The first-order chi connectivity index (χ1) is 8.36. The first-order valence-corrected chi connectivity index (χ1v) is 6.15. The predicted octanol–water partition coefficient (Wildman–Crippen LogP) is 3.83. The fraction of sp³-hybridized carbons (Fsp3) is 0.250. The van der Waals surface area contributed by atoms with Gasteiger partial charge in [0.2, 0.25) is 0 Å². The number of benzene rings is 1. The molecule has 0 aliphatic heterocycles. The Morgan fingerprint density at radius 2 is 1.65 bits per heavy atom. The van der Waals surface area contributed by atoms with Gasteiger partial charge in [0.05, 0.1) is 0 Å². The fourth-order valence-electron chi connectivity index (χ4n) is 1.96. The zero-order valence-electron chi connectivity index (χ0n) is 9.93. The van der Waals surface area contributed by atoms with E-state index in [1.807, 2.05) is 30.3 Å². The molecule has 1 aliphatic carbocycles. The molecule has 2 rings (SSSR count). The van der Waals surface area contributed by atoms with E-state index in [1.165, 1.54) is 5.92 Å². The summed E-state index contributed by atoms with van der Waals surface area (Å²) in [6.45, 7) is 0. The van der Waals surface area contributed by atoms with Crippen LogP contribution in [-0.2, 0) is 0 Å². The van der Waals surface area contributed by atoms with Crippen molar-refractivity contribution in [1.29, 1.82) is 0 Å². The highest BCUT2D eigenvalue weighted by Crippen LogP contribution is 2.28. The summed E-state index contributed by atoms with van der Waals surface area (Å²) in [6, 6.07) is 9.54. The van der Waals surface area contributed by atoms with Gasteiger partial charge in [-0.05, 0) is 44.4 Å². The number of carbonyl (C=O) groups excluding carboxylic acids is 1. The summed E-state index contributed by atoms with van der Waals surface area (Å²) in [6.07, 6.45) is 12.2. The lowest BCUT2D eigenvalue weighted by Gasteiger charge is -2.06. The van der Waals surface area contributed by atoms with E-state index in [1.54, 1.807) is 0 Å². The maximum Gasteiger partial charge on any atom is 0.162 e. The topological polar surface area (TPSA) is 17.1 Å². The van der Waals surface area contributed by atoms with Crippen molar-refractivity contribution in [3.63, 3.8) is 0 Å². The molecule has 1 aromatic carbocycles. The number of Topliss-reactive ketones (excluding diaryl/α,β-unsaturated/α-hetero) is 1. The van der Waals surface area contributed by atoms with E-state index in [2.05, 4.69) is 25.7 Å². The van der Waals surface area contributed by atoms with E-state index in [0.717, 1.165) is 24.8 Å². The molecule has 1 nitrogen and oxygen atoms in total. The number of unbranched alkanes of at least 4 members (excludes halogenated alkanes) is 1. The molecule has 1 heteroatoms. The second kappa shape index (κ2) is 6.58. The van der Waals surface area contributed by atoms with Crippen molar-refractivity contribution in [2.75, 3.05) is 0 Å². The highest BCUT2D eigenvalue weighted by atomic mass is 16.1. The molecule has 0 atom stereocenters. The van der Waals surface area contributed by atoms with Crippen molar-refractivity contribution in [2.45, 2.75) is 25.7 Å². The van der Waals surface area contributed by atoms with Gasteiger partial charge in [0, 0.05) is 12.0 Å². The molecular formula is C16H17O. The van der Waals surface area contributed by atoms with Gasteiger partial charge < -0.3 is 0 Å². The molecule has 5 radical (unpaired) electrons. The molecule has 17 heavy (non-hydrogen) atoms. The van der Waals surface area contributed by atoms with Gasteiger partial charge in [0.1, 0.15) is 0 Å². The van der Waals surface area contributed by atoms with Crippen LogP contribution in [-0.4, -0.2) is 5.78 Å². The van der Waals surface area contributed by atoms with Gasteiger partial charge in [-0.15, -0.1) is 0 Å². The lowest BCUT2D eigenvalue weighted by atomic mass is 9.98. The van der Waals surface area contributed by atoms with Crippen LogP contribution in [0.3, 0.4) is 0 Å². The SMILES string of the molecule is O=C(CCCC[C]1[CH][CH][CH][CH]1)c1ccccc1. The lowest BCUT2D eigenvalue weighted by molar-refractivity contribution is 0.0979. The van der Waals surface area contributed by atoms with Gasteiger partial charge in [-0.2, -0.15) is 0 Å². The average Bonchev–Trinajstić information content (AvgIpc) is 2.88. The molecule has 0 saturated heterocycles. The monoisotopic (exact) mass is 225 g/mol. The molecule has 0 unspecified atom stereocenters. The zero-order valence-corrected chi connectivity index (χ0v) is 9.93. The Bertz CT molecular complexity index is 336.